The first-order valence-corrected chi connectivity index (χ1v) is 6.56. The average Bonchev–Trinajstić information content (AvgIpc) is 2.58. The van der Waals surface area contributed by atoms with Gasteiger partial charge in [-0.15, -0.1) is 0 Å². The van der Waals surface area contributed by atoms with Gasteiger partial charge in [-0.3, -0.25) is 9.69 Å². The van der Waals surface area contributed by atoms with Gasteiger partial charge in [0.1, 0.15) is 26.0 Å². The van der Waals surface area contributed by atoms with Crippen molar-refractivity contribution in [3.05, 3.63) is 42.4 Å². The zero-order valence-corrected chi connectivity index (χ0v) is 11.7. The number of rotatable bonds is 5. The second kappa shape index (κ2) is 7.69. The Kier molecular flexibility index (Phi) is 5.37. The molecule has 2 rings (SSSR count). The second-order valence-electron chi connectivity index (χ2n) is 4.25. The van der Waals surface area contributed by atoms with Gasteiger partial charge in [-0.1, -0.05) is 18.2 Å². The van der Waals surface area contributed by atoms with E-state index in [9.17, 15) is 9.59 Å². The number of para-hydroxylation sites is 1. The predicted molar refractivity (Wildman–Crippen MR) is 75.4 cm³/mol. The molecule has 0 spiro atoms. The van der Waals surface area contributed by atoms with Crippen LogP contribution in [0.4, 0.5) is 5.69 Å². The number of nitriles is 1. The molecule has 0 bridgehead atoms. The fourth-order valence-corrected chi connectivity index (χ4v) is 1.75. The molecule has 0 atom stereocenters. The second-order valence-corrected chi connectivity index (χ2v) is 4.25. The van der Waals surface area contributed by atoms with E-state index in [0.29, 0.717) is 12.3 Å². The van der Waals surface area contributed by atoms with Crippen molar-refractivity contribution >= 4 is 17.6 Å². The van der Waals surface area contributed by atoms with Gasteiger partial charge >= 0.3 is 5.97 Å². The lowest BCUT2D eigenvalue weighted by molar-refractivity contribution is -0.148. The zero-order valence-electron chi connectivity index (χ0n) is 11.7. The van der Waals surface area contributed by atoms with Gasteiger partial charge in [0.05, 0.1) is 6.07 Å². The number of carbonyl (C=O) groups excluding carboxylic acids is 2. The fraction of sp³-hybridized carbons (Fsp3) is 0.267. The molecule has 22 heavy (non-hydrogen) atoms. The number of anilines is 1. The van der Waals surface area contributed by atoms with Gasteiger partial charge < -0.3 is 14.2 Å². The highest BCUT2D eigenvalue weighted by atomic mass is 16.6. The molecule has 0 aliphatic carbocycles. The van der Waals surface area contributed by atoms with E-state index in [-0.39, 0.29) is 18.9 Å². The molecule has 0 radical (unpaired) electrons. The average molecular weight is 302 g/mol. The molecule has 0 saturated carbocycles. The first kappa shape index (κ1) is 15.4. The quantitative estimate of drug-likeness (QED) is 0.595. The molecule has 0 aromatic heterocycles. The minimum atomic E-state index is -0.780. The van der Waals surface area contributed by atoms with Crippen LogP contribution in [-0.4, -0.2) is 38.2 Å². The third kappa shape index (κ3) is 3.99. The van der Waals surface area contributed by atoms with E-state index in [2.05, 4.69) is 0 Å². The Morgan fingerprint density at radius 2 is 2.05 bits per heavy atom. The molecule has 7 nitrogen and oxygen atoms in total. The van der Waals surface area contributed by atoms with Crippen LogP contribution in [0.2, 0.25) is 0 Å². The number of carbonyl (C=O) groups is 2. The summed E-state index contributed by atoms with van der Waals surface area (Å²) in [7, 11) is 0. The van der Waals surface area contributed by atoms with E-state index in [1.54, 1.807) is 30.3 Å². The zero-order chi connectivity index (χ0) is 15.8. The van der Waals surface area contributed by atoms with Crippen molar-refractivity contribution in [3.63, 3.8) is 0 Å². The Balaban J connectivity index is 1.96. The number of nitrogens with zero attached hydrogens (tertiary/aromatic N) is 2. The topological polar surface area (TPSA) is 88.9 Å². The molecule has 1 aliphatic rings. The van der Waals surface area contributed by atoms with Crippen LogP contribution in [0, 0.1) is 11.3 Å². The van der Waals surface area contributed by atoms with Crippen LogP contribution in [0.3, 0.4) is 0 Å². The highest BCUT2D eigenvalue weighted by molar-refractivity contribution is 5.96. The highest BCUT2D eigenvalue weighted by Crippen LogP contribution is 2.13. The molecule has 0 saturated heterocycles. The van der Waals surface area contributed by atoms with E-state index in [0.717, 1.165) is 6.26 Å². The lowest BCUT2D eigenvalue weighted by atomic mass is 10.3. The molecule has 1 heterocycles. The summed E-state index contributed by atoms with van der Waals surface area (Å²) < 4.78 is 14.9. The molecule has 1 aliphatic heterocycles. The lowest BCUT2D eigenvalue weighted by Gasteiger charge is -2.20. The van der Waals surface area contributed by atoms with Crippen molar-refractivity contribution in [2.24, 2.45) is 0 Å². The maximum atomic E-state index is 12.1. The normalized spacial score (nSPS) is 13.0. The van der Waals surface area contributed by atoms with Crippen LogP contribution in [0.25, 0.3) is 0 Å². The van der Waals surface area contributed by atoms with Crippen LogP contribution >= 0.6 is 0 Å². The van der Waals surface area contributed by atoms with E-state index in [1.807, 2.05) is 6.07 Å². The highest BCUT2D eigenvalue weighted by Gasteiger charge is 2.21. The molecule has 7 heteroatoms. The number of hydrogen-bond acceptors (Lipinski definition) is 6. The van der Waals surface area contributed by atoms with Gasteiger partial charge in [0.15, 0.2) is 6.61 Å². The van der Waals surface area contributed by atoms with Crippen LogP contribution in [0.15, 0.2) is 42.4 Å². The molecule has 1 amide bonds. The summed E-state index contributed by atoms with van der Waals surface area (Å²) >= 11 is 0. The van der Waals surface area contributed by atoms with Crippen LogP contribution in [-0.2, 0) is 23.8 Å². The Bertz CT molecular complexity index is 606. The predicted octanol–water partition coefficient (Wildman–Crippen LogP) is 0.975. The van der Waals surface area contributed by atoms with Crippen LogP contribution < -0.4 is 4.90 Å². The van der Waals surface area contributed by atoms with Crippen LogP contribution in [0.1, 0.15) is 0 Å². The Hall–Kier alpha value is -3.01. The summed E-state index contributed by atoms with van der Waals surface area (Å²) in [4.78, 5) is 25.1. The Labute approximate surface area is 127 Å². The first-order chi connectivity index (χ1) is 10.7. The minimum Gasteiger partial charge on any atom is -0.493 e. The van der Waals surface area contributed by atoms with Crippen molar-refractivity contribution in [1.29, 1.82) is 5.26 Å². The summed E-state index contributed by atoms with van der Waals surface area (Å²) in [6.07, 6.45) is 1.15. The summed E-state index contributed by atoms with van der Waals surface area (Å²) in [6, 6.07) is 10.6. The molecule has 0 N–H and O–H groups in total. The molecule has 114 valence electrons. The minimum absolute atomic E-state index is 0.0782. The monoisotopic (exact) mass is 302 g/mol. The third-order valence-corrected chi connectivity index (χ3v) is 2.77. The van der Waals surface area contributed by atoms with E-state index in [4.69, 9.17) is 19.5 Å². The largest absolute Gasteiger partial charge is 0.493 e. The number of amides is 1. The molecule has 1 aromatic rings. The molecule has 1 aromatic carbocycles. The van der Waals surface area contributed by atoms with Gasteiger partial charge in [0.2, 0.25) is 5.76 Å². The fourth-order valence-electron chi connectivity index (χ4n) is 1.75. The van der Waals surface area contributed by atoms with Gasteiger partial charge in [-0.25, -0.2) is 4.79 Å². The lowest BCUT2D eigenvalue weighted by Crippen LogP contribution is -2.35. The van der Waals surface area contributed by atoms with Crippen molar-refractivity contribution in [3.8, 4) is 6.07 Å². The van der Waals surface area contributed by atoms with Gasteiger partial charge in [-0.05, 0) is 12.1 Å². The summed E-state index contributed by atoms with van der Waals surface area (Å²) in [5.74, 6) is -1.36. The van der Waals surface area contributed by atoms with E-state index >= 15 is 0 Å². The van der Waals surface area contributed by atoms with Crippen molar-refractivity contribution in [2.75, 3.05) is 31.3 Å². The smallest absolute Gasteiger partial charge is 0.377 e. The maximum Gasteiger partial charge on any atom is 0.377 e. The number of benzene rings is 1. The molecular weight excluding hydrogens is 288 g/mol. The van der Waals surface area contributed by atoms with Gasteiger partial charge in [0.25, 0.3) is 5.91 Å². The molecular formula is C15H14N2O5. The van der Waals surface area contributed by atoms with E-state index < -0.39 is 18.5 Å². The summed E-state index contributed by atoms with van der Waals surface area (Å²) in [5, 5.41) is 8.83. The summed E-state index contributed by atoms with van der Waals surface area (Å²) in [6.45, 7) is -0.0159. The van der Waals surface area contributed by atoms with Crippen molar-refractivity contribution < 1.29 is 23.8 Å². The molecule has 0 unspecified atom stereocenters. The third-order valence-electron chi connectivity index (χ3n) is 2.77. The maximum absolute atomic E-state index is 12.1. The van der Waals surface area contributed by atoms with E-state index in [1.165, 1.54) is 4.90 Å². The van der Waals surface area contributed by atoms with Crippen molar-refractivity contribution in [1.82, 2.24) is 0 Å². The number of ether oxygens (including phenoxy) is 3. The van der Waals surface area contributed by atoms with Gasteiger partial charge in [0, 0.05) is 5.69 Å². The summed E-state index contributed by atoms with van der Waals surface area (Å²) in [5.41, 5.74) is 0.557. The SMILES string of the molecule is N#CCN(C(=O)COC(=O)C1=COCCO1)c1ccccc1. The Morgan fingerprint density at radius 1 is 1.27 bits per heavy atom. The van der Waals surface area contributed by atoms with Crippen LogP contribution in [0.5, 0.6) is 0 Å². The molecule has 0 fully saturated rings. The first-order valence-electron chi connectivity index (χ1n) is 6.56. The van der Waals surface area contributed by atoms with Crippen molar-refractivity contribution in [2.45, 2.75) is 0 Å². The Morgan fingerprint density at radius 3 is 2.68 bits per heavy atom. The standard InChI is InChI=1S/C15H14N2O5/c16-6-7-17(12-4-2-1-3-5-12)14(18)11-22-15(19)13-10-20-8-9-21-13/h1-5,10H,7-9,11H2. The number of esters is 1. The number of hydrogen-bond donors (Lipinski definition) is 0. The van der Waals surface area contributed by atoms with Gasteiger partial charge in [-0.2, -0.15) is 5.26 Å².